The van der Waals surface area contributed by atoms with Gasteiger partial charge in [-0.2, -0.15) is 0 Å². The number of carboxylic acids is 1. The van der Waals surface area contributed by atoms with Crippen LogP contribution in [0.15, 0.2) is 18.5 Å². The van der Waals surface area contributed by atoms with Gasteiger partial charge < -0.3 is 15.5 Å². The smallest absolute Gasteiger partial charge is 0.337 e. The van der Waals surface area contributed by atoms with Crippen molar-refractivity contribution < 1.29 is 19.8 Å². The molecule has 6 nitrogen and oxygen atoms in total. The molecule has 3 N–H and O–H groups in total. The molecule has 0 aromatic carbocycles. The summed E-state index contributed by atoms with van der Waals surface area (Å²) in [7, 11) is 0. The second kappa shape index (κ2) is 6.52. The largest absolute Gasteiger partial charge is 0.478 e. The number of rotatable bonds is 3. The first-order chi connectivity index (χ1) is 6.65. The molecule has 1 aromatic rings. The van der Waals surface area contributed by atoms with Gasteiger partial charge in [0.05, 0.1) is 11.1 Å². The van der Waals surface area contributed by atoms with E-state index in [1.807, 2.05) is 0 Å². The molecule has 15 heavy (non-hydrogen) atoms. The summed E-state index contributed by atoms with van der Waals surface area (Å²) in [5, 5.41) is 19.1. The van der Waals surface area contributed by atoms with Crippen LogP contribution in [-0.2, 0) is 0 Å². The van der Waals surface area contributed by atoms with E-state index in [9.17, 15) is 9.59 Å². The maximum atomic E-state index is 11.1. The van der Waals surface area contributed by atoms with E-state index >= 15 is 0 Å². The van der Waals surface area contributed by atoms with Gasteiger partial charge in [0.2, 0.25) is 0 Å². The van der Waals surface area contributed by atoms with Crippen molar-refractivity contribution in [3.05, 3.63) is 29.6 Å². The minimum atomic E-state index is -1.16. The summed E-state index contributed by atoms with van der Waals surface area (Å²) in [4.78, 5) is 25.2. The molecule has 0 atom stereocenters. The number of amides is 1. The third kappa shape index (κ3) is 3.96. The number of carboxylic acid groups (broad SMARTS) is 1. The van der Waals surface area contributed by atoms with E-state index in [1.165, 1.54) is 12.3 Å². The van der Waals surface area contributed by atoms with Crippen LogP contribution in [0.1, 0.15) is 20.7 Å². The molecule has 1 rings (SSSR count). The van der Waals surface area contributed by atoms with Crippen LogP contribution >= 0.6 is 0 Å². The molecule has 0 saturated heterocycles. The van der Waals surface area contributed by atoms with Gasteiger partial charge in [-0.3, -0.25) is 9.78 Å². The Bertz CT molecular complexity index is 369. The van der Waals surface area contributed by atoms with Crippen LogP contribution in [0.5, 0.6) is 0 Å². The van der Waals surface area contributed by atoms with E-state index in [0.29, 0.717) is 0 Å². The van der Waals surface area contributed by atoms with Gasteiger partial charge in [-0.15, -0.1) is 0 Å². The van der Waals surface area contributed by atoms with Crippen LogP contribution in [-0.4, -0.2) is 63.4 Å². The molecule has 1 aromatic heterocycles. The van der Waals surface area contributed by atoms with Gasteiger partial charge in [0.15, 0.2) is 0 Å². The molecule has 75 valence electrons. The summed E-state index contributed by atoms with van der Waals surface area (Å²) >= 11 is 0. The minimum Gasteiger partial charge on any atom is -0.478 e. The quantitative estimate of drug-likeness (QED) is 0.451. The van der Waals surface area contributed by atoms with Crippen molar-refractivity contribution in [3.8, 4) is 0 Å². The summed E-state index contributed by atoms with van der Waals surface area (Å²) in [6.45, 7) is -0.504. The molecule has 0 aliphatic heterocycles. The number of carbonyl (C=O) groups is 2. The third-order valence-corrected chi connectivity index (χ3v) is 1.49. The number of aromatic nitrogens is 1. The fourth-order valence-corrected chi connectivity index (χ4v) is 0.855. The number of aliphatic hydroxyl groups excluding tert-OH is 1. The number of nitrogens with one attached hydrogen (secondary N) is 1. The van der Waals surface area contributed by atoms with Crippen LogP contribution in [0.4, 0.5) is 0 Å². The van der Waals surface area contributed by atoms with Gasteiger partial charge in [-0.05, 0) is 6.07 Å². The van der Waals surface area contributed by atoms with E-state index < -0.39 is 18.6 Å². The Kier molecular flexibility index (Phi) is 6.11. The number of hydrogen-bond acceptors (Lipinski definition) is 4. The Balaban J connectivity index is 0.00000196. The molecular formula is C8H8N2NaO4. The topological polar surface area (TPSA) is 99.5 Å². The average Bonchev–Trinajstić information content (AvgIpc) is 2.18. The van der Waals surface area contributed by atoms with E-state index in [1.54, 1.807) is 0 Å². The predicted molar refractivity (Wildman–Crippen MR) is 51.5 cm³/mol. The Labute approximate surface area is 108 Å². The Morgan fingerprint density at radius 1 is 1.33 bits per heavy atom. The molecule has 1 radical (unpaired) electrons. The van der Waals surface area contributed by atoms with E-state index in [0.717, 1.165) is 6.20 Å². The van der Waals surface area contributed by atoms with Crippen LogP contribution < -0.4 is 5.32 Å². The third-order valence-electron chi connectivity index (χ3n) is 1.49. The number of carbonyl (C=O) groups excluding carboxylic acids is 1. The first-order valence-electron chi connectivity index (χ1n) is 3.72. The number of aromatic carboxylic acids is 1. The van der Waals surface area contributed by atoms with Gasteiger partial charge in [-0.25, -0.2) is 4.79 Å². The number of aliphatic hydroxyl groups is 1. The van der Waals surface area contributed by atoms with Crippen LogP contribution in [0.2, 0.25) is 0 Å². The van der Waals surface area contributed by atoms with E-state index in [2.05, 4.69) is 10.3 Å². The normalized spacial score (nSPS) is 8.87. The second-order valence-corrected chi connectivity index (χ2v) is 2.43. The Morgan fingerprint density at radius 3 is 2.47 bits per heavy atom. The summed E-state index contributed by atoms with van der Waals surface area (Å²) in [5.74, 6) is -1.72. The minimum absolute atomic E-state index is 0. The molecule has 7 heteroatoms. The molecule has 0 aliphatic carbocycles. The molecular weight excluding hydrogens is 211 g/mol. The molecule has 0 bridgehead atoms. The van der Waals surface area contributed by atoms with Gasteiger partial charge >= 0.3 is 5.97 Å². The second-order valence-electron chi connectivity index (χ2n) is 2.43. The standard InChI is InChI=1S/C8H8N2O4.Na/c11-4-10-7(12)5-1-6(8(13)14)3-9-2-5;/h1-3,11H,4H2,(H,10,12)(H,13,14);. The van der Waals surface area contributed by atoms with Crippen LogP contribution in [0.25, 0.3) is 0 Å². The van der Waals surface area contributed by atoms with Gasteiger partial charge in [0.25, 0.3) is 5.91 Å². The van der Waals surface area contributed by atoms with Crippen molar-refractivity contribution in [2.75, 3.05) is 6.73 Å². The monoisotopic (exact) mass is 219 g/mol. The SMILES string of the molecule is O=C(O)c1cncc(C(=O)NCO)c1.[Na]. The average molecular weight is 219 g/mol. The molecule has 1 heterocycles. The maximum Gasteiger partial charge on any atom is 0.337 e. The van der Waals surface area contributed by atoms with Crippen molar-refractivity contribution in [3.63, 3.8) is 0 Å². The Hall–Kier alpha value is -0.950. The van der Waals surface area contributed by atoms with Crippen molar-refractivity contribution in [1.29, 1.82) is 0 Å². The number of pyridine rings is 1. The van der Waals surface area contributed by atoms with Gasteiger partial charge in [0.1, 0.15) is 6.73 Å². The van der Waals surface area contributed by atoms with Crippen molar-refractivity contribution in [2.45, 2.75) is 0 Å². The number of nitrogens with zero attached hydrogens (tertiary/aromatic N) is 1. The Morgan fingerprint density at radius 2 is 1.93 bits per heavy atom. The predicted octanol–water partition coefficient (Wildman–Crippen LogP) is -0.921. The maximum absolute atomic E-state index is 11.1. The zero-order chi connectivity index (χ0) is 10.6. The van der Waals surface area contributed by atoms with Gasteiger partial charge in [-0.1, -0.05) is 0 Å². The first kappa shape index (κ1) is 14.1. The number of hydrogen-bond donors (Lipinski definition) is 3. The van der Waals surface area contributed by atoms with E-state index in [4.69, 9.17) is 10.2 Å². The van der Waals surface area contributed by atoms with Crippen LogP contribution in [0.3, 0.4) is 0 Å². The fraction of sp³-hybridized carbons (Fsp3) is 0.125. The summed E-state index contributed by atoms with van der Waals surface area (Å²) in [6.07, 6.45) is 2.36. The first-order valence-corrected chi connectivity index (χ1v) is 3.72. The molecule has 0 fully saturated rings. The molecule has 0 saturated carbocycles. The fourth-order valence-electron chi connectivity index (χ4n) is 0.855. The molecule has 0 aliphatic rings. The molecule has 0 spiro atoms. The van der Waals surface area contributed by atoms with Gasteiger partial charge in [0, 0.05) is 42.0 Å². The summed E-state index contributed by atoms with van der Waals surface area (Å²) < 4.78 is 0. The van der Waals surface area contributed by atoms with Crippen molar-refractivity contribution >= 4 is 41.4 Å². The van der Waals surface area contributed by atoms with Crippen molar-refractivity contribution in [1.82, 2.24) is 10.3 Å². The van der Waals surface area contributed by atoms with Crippen molar-refractivity contribution in [2.24, 2.45) is 0 Å². The van der Waals surface area contributed by atoms with E-state index in [-0.39, 0.29) is 40.7 Å². The summed E-state index contributed by atoms with van der Waals surface area (Å²) in [5.41, 5.74) is 0.0227. The zero-order valence-electron chi connectivity index (χ0n) is 8.10. The molecule has 1 amide bonds. The van der Waals surface area contributed by atoms with Crippen LogP contribution in [0, 0.1) is 0 Å². The summed E-state index contributed by atoms with van der Waals surface area (Å²) in [6, 6.07) is 1.18. The molecule has 0 unspecified atom stereocenters. The zero-order valence-corrected chi connectivity index (χ0v) is 10.1.